The van der Waals surface area contributed by atoms with Gasteiger partial charge in [-0.2, -0.15) is 0 Å². The van der Waals surface area contributed by atoms with Crippen molar-refractivity contribution in [1.29, 1.82) is 0 Å². The van der Waals surface area contributed by atoms with Gasteiger partial charge in [0.2, 0.25) is 0 Å². The fourth-order valence-electron chi connectivity index (χ4n) is 2.15. The summed E-state index contributed by atoms with van der Waals surface area (Å²) in [4.78, 5) is 31.2. The summed E-state index contributed by atoms with van der Waals surface area (Å²) in [5, 5.41) is 2.67. The van der Waals surface area contributed by atoms with Gasteiger partial charge in [-0.1, -0.05) is 6.07 Å². The Kier molecular flexibility index (Phi) is 4.52. The van der Waals surface area contributed by atoms with E-state index in [2.05, 4.69) is 31.2 Å². The van der Waals surface area contributed by atoms with Gasteiger partial charge in [0, 0.05) is 34.3 Å². The molecule has 7 heteroatoms. The fourth-order valence-corrected chi connectivity index (χ4v) is 2.67. The number of ketones is 1. The zero-order chi connectivity index (χ0) is 17.1. The lowest BCUT2D eigenvalue weighted by Gasteiger charge is -2.03. The molecule has 3 aromatic rings. The smallest absolute Gasteiger partial charge is 0.272 e. The van der Waals surface area contributed by atoms with Crippen molar-refractivity contribution in [2.24, 2.45) is 0 Å². The first-order valence-corrected chi connectivity index (χ1v) is 7.74. The Morgan fingerprint density at radius 2 is 1.92 bits per heavy atom. The Hall–Kier alpha value is -2.80. The maximum atomic E-state index is 13.9. The molecule has 0 radical (unpaired) electrons. The number of hydrogen-bond donors (Lipinski definition) is 2. The van der Waals surface area contributed by atoms with Crippen LogP contribution < -0.4 is 5.32 Å². The lowest BCUT2D eigenvalue weighted by Crippen LogP contribution is -2.12. The Morgan fingerprint density at radius 1 is 1.17 bits per heavy atom. The largest absolute Gasteiger partial charge is 0.356 e. The minimum atomic E-state index is -0.627. The highest BCUT2D eigenvalue weighted by molar-refractivity contribution is 9.10. The molecule has 0 saturated carbocycles. The average molecular weight is 388 g/mol. The van der Waals surface area contributed by atoms with Gasteiger partial charge in [0.1, 0.15) is 11.5 Å². The van der Waals surface area contributed by atoms with E-state index in [9.17, 15) is 14.0 Å². The molecule has 0 spiro atoms. The molecule has 2 N–H and O–H groups in total. The number of aromatic amines is 1. The predicted octanol–water partition coefficient (Wildman–Crippen LogP) is 3.79. The van der Waals surface area contributed by atoms with E-state index in [4.69, 9.17) is 0 Å². The molecule has 3 rings (SSSR count). The third-order valence-electron chi connectivity index (χ3n) is 3.32. The zero-order valence-electron chi connectivity index (χ0n) is 12.2. The summed E-state index contributed by atoms with van der Waals surface area (Å²) < 4.78 is 14.3. The summed E-state index contributed by atoms with van der Waals surface area (Å²) >= 11 is 3.17. The van der Waals surface area contributed by atoms with Crippen molar-refractivity contribution < 1.29 is 14.0 Å². The van der Waals surface area contributed by atoms with Gasteiger partial charge in [-0.3, -0.25) is 14.6 Å². The van der Waals surface area contributed by atoms with E-state index in [-0.39, 0.29) is 16.8 Å². The standard InChI is InChI=1S/C17H11BrFN3O2/c18-12-2-1-3-13(19)15(12)16(23)10-8-14(21-9-10)17(24)22-11-4-6-20-7-5-11/h1-9,21H,(H,20,22,24). The van der Waals surface area contributed by atoms with Gasteiger partial charge in [-0.05, 0) is 46.3 Å². The first-order valence-electron chi connectivity index (χ1n) is 6.95. The molecular weight excluding hydrogens is 377 g/mol. The minimum absolute atomic E-state index is 0.0717. The van der Waals surface area contributed by atoms with E-state index in [0.717, 1.165) is 0 Å². The molecule has 0 aliphatic heterocycles. The lowest BCUT2D eigenvalue weighted by molar-refractivity contribution is 0.102. The Bertz CT molecular complexity index is 889. The number of rotatable bonds is 4. The maximum Gasteiger partial charge on any atom is 0.272 e. The Morgan fingerprint density at radius 3 is 2.62 bits per heavy atom. The van der Waals surface area contributed by atoms with Crippen LogP contribution in [0.15, 0.2) is 59.5 Å². The number of carbonyl (C=O) groups is 2. The van der Waals surface area contributed by atoms with Crippen LogP contribution in [-0.2, 0) is 0 Å². The molecular formula is C17H11BrFN3O2. The summed E-state index contributed by atoms with van der Waals surface area (Å²) in [6.07, 6.45) is 4.48. The number of hydrogen-bond acceptors (Lipinski definition) is 3. The third-order valence-corrected chi connectivity index (χ3v) is 3.98. The van der Waals surface area contributed by atoms with Crippen molar-refractivity contribution >= 4 is 33.3 Å². The van der Waals surface area contributed by atoms with Crippen LogP contribution in [-0.4, -0.2) is 21.7 Å². The first kappa shape index (κ1) is 16.1. The fraction of sp³-hybridized carbons (Fsp3) is 0. The third kappa shape index (κ3) is 3.26. The SMILES string of the molecule is O=C(Nc1ccncc1)c1cc(C(=O)c2c(F)cccc2Br)c[nH]1. The summed E-state index contributed by atoms with van der Waals surface area (Å²) in [5.74, 6) is -1.55. The second-order valence-electron chi connectivity index (χ2n) is 4.92. The number of carbonyl (C=O) groups excluding carboxylic acids is 2. The van der Waals surface area contributed by atoms with Crippen molar-refractivity contribution in [3.63, 3.8) is 0 Å². The number of nitrogens with one attached hydrogen (secondary N) is 2. The van der Waals surface area contributed by atoms with E-state index in [1.54, 1.807) is 30.6 Å². The molecule has 0 fully saturated rings. The predicted molar refractivity (Wildman–Crippen MR) is 90.5 cm³/mol. The summed E-state index contributed by atoms with van der Waals surface area (Å²) in [6.45, 7) is 0. The monoisotopic (exact) mass is 387 g/mol. The van der Waals surface area contributed by atoms with Gasteiger partial charge in [0.05, 0.1) is 5.56 Å². The normalized spacial score (nSPS) is 10.4. The first-order chi connectivity index (χ1) is 11.6. The van der Waals surface area contributed by atoms with Crippen LogP contribution in [0.2, 0.25) is 0 Å². The highest BCUT2D eigenvalue weighted by atomic mass is 79.9. The molecule has 1 aromatic carbocycles. The van der Waals surface area contributed by atoms with Gasteiger partial charge >= 0.3 is 0 Å². The zero-order valence-corrected chi connectivity index (χ0v) is 13.8. The summed E-state index contributed by atoms with van der Waals surface area (Å²) in [6, 6.07) is 8.97. The van der Waals surface area contributed by atoms with Crippen LogP contribution >= 0.6 is 15.9 Å². The van der Waals surface area contributed by atoms with Crippen molar-refractivity contribution in [2.75, 3.05) is 5.32 Å². The number of anilines is 1. The second-order valence-corrected chi connectivity index (χ2v) is 5.77. The molecule has 0 aliphatic rings. The van der Waals surface area contributed by atoms with Crippen molar-refractivity contribution in [1.82, 2.24) is 9.97 Å². The lowest BCUT2D eigenvalue weighted by atomic mass is 10.1. The van der Waals surface area contributed by atoms with Gasteiger partial charge in [-0.15, -0.1) is 0 Å². The highest BCUT2D eigenvalue weighted by Gasteiger charge is 2.20. The molecule has 0 unspecified atom stereocenters. The van der Waals surface area contributed by atoms with Gasteiger partial charge in [-0.25, -0.2) is 4.39 Å². The summed E-state index contributed by atoms with van der Waals surface area (Å²) in [7, 11) is 0. The quantitative estimate of drug-likeness (QED) is 0.668. The molecule has 24 heavy (non-hydrogen) atoms. The van der Waals surface area contributed by atoms with Gasteiger partial charge < -0.3 is 10.3 Å². The van der Waals surface area contributed by atoms with E-state index in [0.29, 0.717) is 10.2 Å². The number of pyridine rings is 1. The Labute approximate surface area is 145 Å². The van der Waals surface area contributed by atoms with Crippen LogP contribution in [0.1, 0.15) is 26.4 Å². The molecule has 1 amide bonds. The van der Waals surface area contributed by atoms with E-state index >= 15 is 0 Å². The number of H-pyrrole nitrogens is 1. The molecule has 0 saturated heterocycles. The molecule has 120 valence electrons. The summed E-state index contributed by atoms with van der Waals surface area (Å²) in [5.41, 5.74) is 0.898. The van der Waals surface area contributed by atoms with Crippen LogP contribution in [0, 0.1) is 5.82 Å². The number of aromatic nitrogens is 2. The van der Waals surface area contributed by atoms with Gasteiger partial charge in [0.25, 0.3) is 5.91 Å². The number of halogens is 2. The highest BCUT2D eigenvalue weighted by Crippen LogP contribution is 2.23. The van der Waals surface area contributed by atoms with Crippen molar-refractivity contribution in [3.05, 3.63) is 82.1 Å². The van der Waals surface area contributed by atoms with E-state index in [1.807, 2.05) is 0 Å². The number of amides is 1. The topological polar surface area (TPSA) is 74.8 Å². The molecule has 0 bridgehead atoms. The van der Waals surface area contributed by atoms with Crippen LogP contribution in [0.3, 0.4) is 0 Å². The Balaban J connectivity index is 1.83. The molecule has 5 nitrogen and oxygen atoms in total. The number of benzene rings is 1. The van der Waals surface area contributed by atoms with Crippen LogP contribution in [0.25, 0.3) is 0 Å². The minimum Gasteiger partial charge on any atom is -0.356 e. The van der Waals surface area contributed by atoms with E-state index in [1.165, 1.54) is 24.4 Å². The molecule has 2 aromatic heterocycles. The second kappa shape index (κ2) is 6.76. The van der Waals surface area contributed by atoms with E-state index < -0.39 is 17.5 Å². The molecule has 2 heterocycles. The molecule has 0 atom stereocenters. The van der Waals surface area contributed by atoms with Crippen LogP contribution in [0.4, 0.5) is 10.1 Å². The maximum absolute atomic E-state index is 13.9. The average Bonchev–Trinajstić information content (AvgIpc) is 3.05. The van der Waals surface area contributed by atoms with Crippen LogP contribution in [0.5, 0.6) is 0 Å². The van der Waals surface area contributed by atoms with Gasteiger partial charge in [0.15, 0.2) is 5.78 Å². The number of nitrogens with zero attached hydrogens (tertiary/aromatic N) is 1. The van der Waals surface area contributed by atoms with Crippen molar-refractivity contribution in [3.8, 4) is 0 Å². The van der Waals surface area contributed by atoms with Crippen molar-refractivity contribution in [2.45, 2.75) is 0 Å². The molecule has 0 aliphatic carbocycles.